The molecule has 2 N–H and O–H groups in total. The number of hydrogen-bond acceptors (Lipinski definition) is 2. The van der Waals surface area contributed by atoms with Crippen molar-refractivity contribution in [2.75, 3.05) is 10.6 Å². The van der Waals surface area contributed by atoms with E-state index in [1.165, 1.54) is 16.7 Å². The Balaban J connectivity index is 1.89. The predicted octanol–water partition coefficient (Wildman–Crippen LogP) is 10.2. The average Bonchev–Trinajstić information content (AvgIpc) is 2.95. The van der Waals surface area contributed by atoms with Gasteiger partial charge in [0, 0.05) is 22.6 Å². The van der Waals surface area contributed by atoms with Gasteiger partial charge in [-0.15, -0.1) is 0 Å². The number of nitrogens with zero attached hydrogens (tertiary/aromatic N) is 1. The predicted molar refractivity (Wildman–Crippen MR) is 173 cm³/mol. The second-order valence-electron chi connectivity index (χ2n) is 10.1. The number of aryl methyl sites for hydroxylation is 2. The number of benzene rings is 3. The maximum absolute atomic E-state index is 5.08. The van der Waals surface area contributed by atoms with Crippen LogP contribution in [0.5, 0.6) is 0 Å². The minimum absolute atomic E-state index is 0.506. The van der Waals surface area contributed by atoms with Crippen LogP contribution in [0.1, 0.15) is 74.8 Å². The molecule has 0 amide bonds. The molecule has 0 bridgehead atoms. The molecule has 3 aromatic rings. The molecule has 0 atom stereocenters. The molecule has 0 heterocycles. The molecule has 3 rings (SSSR count). The molecule has 0 fully saturated rings. The van der Waals surface area contributed by atoms with Gasteiger partial charge in [-0.3, -0.25) is 0 Å². The van der Waals surface area contributed by atoms with E-state index < -0.39 is 0 Å². The zero-order valence-electron chi connectivity index (χ0n) is 24.4. The first-order valence-corrected chi connectivity index (χ1v) is 13.8. The van der Waals surface area contributed by atoms with Crippen LogP contribution in [0.15, 0.2) is 109 Å². The SMILES string of the molecule is C=C(C/C=C\C)C(=N/C(=C\C)c1cccc(C(=C)Nc2ccc(C(C)C)cc2)c1)Nc1ccc(C)c(CC)c1. The van der Waals surface area contributed by atoms with Crippen molar-refractivity contribution in [1.29, 1.82) is 0 Å². The van der Waals surface area contributed by atoms with E-state index in [0.717, 1.165) is 58.1 Å². The molecule has 0 aromatic heterocycles. The maximum Gasteiger partial charge on any atom is 0.133 e. The molecule has 202 valence electrons. The zero-order valence-corrected chi connectivity index (χ0v) is 24.4. The molecule has 0 radical (unpaired) electrons. The fourth-order valence-corrected chi connectivity index (χ4v) is 4.30. The zero-order chi connectivity index (χ0) is 28.4. The van der Waals surface area contributed by atoms with Gasteiger partial charge in [0.05, 0.1) is 5.70 Å². The van der Waals surface area contributed by atoms with Crippen LogP contribution in [-0.4, -0.2) is 5.84 Å². The van der Waals surface area contributed by atoms with Crippen LogP contribution in [0.2, 0.25) is 0 Å². The highest BCUT2D eigenvalue weighted by atomic mass is 15.0. The number of nitrogens with one attached hydrogen (secondary N) is 2. The Morgan fingerprint density at radius 3 is 2.23 bits per heavy atom. The third-order valence-corrected chi connectivity index (χ3v) is 6.81. The average molecular weight is 518 g/mol. The van der Waals surface area contributed by atoms with Crippen molar-refractivity contribution < 1.29 is 0 Å². The largest absolute Gasteiger partial charge is 0.356 e. The van der Waals surface area contributed by atoms with Gasteiger partial charge >= 0.3 is 0 Å². The second kappa shape index (κ2) is 14.2. The van der Waals surface area contributed by atoms with Crippen molar-refractivity contribution in [2.24, 2.45) is 4.99 Å². The van der Waals surface area contributed by atoms with Gasteiger partial charge < -0.3 is 10.6 Å². The minimum Gasteiger partial charge on any atom is -0.356 e. The molecule has 0 aliphatic heterocycles. The summed E-state index contributed by atoms with van der Waals surface area (Å²) in [4.78, 5) is 5.08. The van der Waals surface area contributed by atoms with Crippen molar-refractivity contribution in [1.82, 2.24) is 0 Å². The topological polar surface area (TPSA) is 36.4 Å². The summed E-state index contributed by atoms with van der Waals surface area (Å²) in [6, 6.07) is 23.3. The number of hydrogen-bond donors (Lipinski definition) is 2. The number of allylic oxidation sites excluding steroid dienone is 3. The van der Waals surface area contributed by atoms with Gasteiger partial charge in [0.25, 0.3) is 0 Å². The Kier molecular flexibility index (Phi) is 10.7. The fraction of sp³-hybridized carbons (Fsp3) is 0.250. The van der Waals surface area contributed by atoms with E-state index in [2.05, 4.69) is 118 Å². The van der Waals surface area contributed by atoms with Crippen LogP contribution < -0.4 is 10.6 Å². The summed E-state index contributed by atoms with van der Waals surface area (Å²) in [6.07, 6.45) is 7.89. The van der Waals surface area contributed by atoms with Crippen LogP contribution in [-0.2, 0) is 6.42 Å². The second-order valence-corrected chi connectivity index (χ2v) is 10.1. The lowest BCUT2D eigenvalue weighted by Crippen LogP contribution is -2.15. The molecule has 0 saturated carbocycles. The fourth-order valence-electron chi connectivity index (χ4n) is 4.30. The van der Waals surface area contributed by atoms with Gasteiger partial charge in [0.15, 0.2) is 0 Å². The Bertz CT molecular complexity index is 1390. The third-order valence-electron chi connectivity index (χ3n) is 6.81. The van der Waals surface area contributed by atoms with Crippen molar-refractivity contribution in [3.8, 4) is 0 Å². The number of rotatable bonds is 11. The lowest BCUT2D eigenvalue weighted by molar-refractivity contribution is 0.867. The highest BCUT2D eigenvalue weighted by molar-refractivity contribution is 6.10. The van der Waals surface area contributed by atoms with E-state index in [-0.39, 0.29) is 0 Å². The summed E-state index contributed by atoms with van der Waals surface area (Å²) in [5.74, 6) is 1.27. The molecule has 0 aliphatic rings. The summed E-state index contributed by atoms with van der Waals surface area (Å²) in [7, 11) is 0. The van der Waals surface area contributed by atoms with Crippen molar-refractivity contribution in [2.45, 2.75) is 60.3 Å². The third kappa shape index (κ3) is 8.19. The van der Waals surface area contributed by atoms with Gasteiger partial charge in [-0.2, -0.15) is 0 Å². The van der Waals surface area contributed by atoms with Gasteiger partial charge in [-0.25, -0.2) is 4.99 Å². The summed E-state index contributed by atoms with van der Waals surface area (Å²) in [5.41, 5.74) is 10.7. The normalized spacial score (nSPS) is 12.2. The van der Waals surface area contributed by atoms with Crippen LogP contribution in [0.3, 0.4) is 0 Å². The molecule has 0 unspecified atom stereocenters. The van der Waals surface area contributed by atoms with E-state index in [1.54, 1.807) is 0 Å². The highest BCUT2D eigenvalue weighted by Gasteiger charge is 2.10. The first kappa shape index (κ1) is 29.4. The van der Waals surface area contributed by atoms with Crippen molar-refractivity contribution >= 4 is 28.6 Å². The molecular formula is C36H43N3. The minimum atomic E-state index is 0.506. The number of anilines is 2. The van der Waals surface area contributed by atoms with Crippen LogP contribution in [0, 0.1) is 6.92 Å². The maximum atomic E-state index is 5.08. The summed E-state index contributed by atoms with van der Waals surface area (Å²) in [6.45, 7) is 21.4. The van der Waals surface area contributed by atoms with E-state index >= 15 is 0 Å². The Hall–Kier alpha value is -4.11. The lowest BCUT2D eigenvalue weighted by atomic mass is 10.0. The summed E-state index contributed by atoms with van der Waals surface area (Å²) in [5, 5.41) is 7.01. The first-order chi connectivity index (χ1) is 18.7. The first-order valence-electron chi connectivity index (χ1n) is 13.8. The Morgan fingerprint density at radius 2 is 1.59 bits per heavy atom. The van der Waals surface area contributed by atoms with Gasteiger partial charge in [0.1, 0.15) is 5.84 Å². The number of aliphatic imine (C=N–C) groups is 1. The van der Waals surface area contributed by atoms with Gasteiger partial charge in [-0.1, -0.05) is 88.6 Å². The van der Waals surface area contributed by atoms with Gasteiger partial charge in [-0.05, 0) is 97.7 Å². The molecule has 3 heteroatoms. The molecule has 0 aliphatic carbocycles. The van der Waals surface area contributed by atoms with Gasteiger partial charge in [0.2, 0.25) is 0 Å². The lowest BCUT2D eigenvalue weighted by Gasteiger charge is -2.16. The van der Waals surface area contributed by atoms with Crippen LogP contribution in [0.4, 0.5) is 11.4 Å². The molecule has 0 spiro atoms. The molecule has 3 nitrogen and oxygen atoms in total. The van der Waals surface area contributed by atoms with Crippen LogP contribution >= 0.6 is 0 Å². The van der Waals surface area contributed by atoms with E-state index in [1.807, 2.05) is 32.1 Å². The molecule has 0 saturated heterocycles. The number of amidine groups is 1. The highest BCUT2D eigenvalue weighted by Crippen LogP contribution is 2.25. The molecular weight excluding hydrogens is 474 g/mol. The van der Waals surface area contributed by atoms with Crippen molar-refractivity contribution in [3.63, 3.8) is 0 Å². The Labute approximate surface area is 235 Å². The van der Waals surface area contributed by atoms with E-state index in [9.17, 15) is 0 Å². The van der Waals surface area contributed by atoms with Crippen molar-refractivity contribution in [3.05, 3.63) is 132 Å². The van der Waals surface area contributed by atoms with Crippen LogP contribution in [0.25, 0.3) is 11.4 Å². The quantitative estimate of drug-likeness (QED) is 0.151. The molecule has 39 heavy (non-hydrogen) atoms. The molecule has 3 aromatic carbocycles. The smallest absolute Gasteiger partial charge is 0.133 e. The summed E-state index contributed by atoms with van der Waals surface area (Å²) >= 11 is 0. The summed E-state index contributed by atoms with van der Waals surface area (Å²) < 4.78 is 0. The van der Waals surface area contributed by atoms with E-state index in [0.29, 0.717) is 5.92 Å². The standard InChI is InChI=1S/C36H43N3/c1-9-12-14-27(7)36(38-34-20-17-26(6)29(10-2)24-34)39-35(11-3)32-16-13-15-31(23-32)28(8)37-33-21-18-30(19-22-33)25(4)5/h9,11-13,15-25,37H,7-8,10,14H2,1-6H3,(H,38,39)/b12-9-,35-11-. The Morgan fingerprint density at radius 1 is 0.897 bits per heavy atom. The van der Waals surface area contributed by atoms with E-state index in [4.69, 9.17) is 4.99 Å². The monoisotopic (exact) mass is 517 g/mol.